The first kappa shape index (κ1) is 16.0. The van der Waals surface area contributed by atoms with Crippen LogP contribution in [0.2, 0.25) is 0 Å². The zero-order valence-corrected chi connectivity index (χ0v) is 13.1. The van der Waals surface area contributed by atoms with Crippen molar-refractivity contribution in [2.24, 2.45) is 0 Å². The normalized spacial score (nSPS) is 11.9. The van der Waals surface area contributed by atoms with E-state index in [4.69, 9.17) is 0 Å². The molecular formula is C18H22N2O2. The number of carbonyl (C=O) groups excluding carboxylic acids is 2. The van der Waals surface area contributed by atoms with E-state index in [0.717, 1.165) is 10.9 Å². The number of rotatable bonds is 6. The maximum absolute atomic E-state index is 12.1. The first-order valence-corrected chi connectivity index (χ1v) is 7.68. The van der Waals surface area contributed by atoms with Gasteiger partial charge < -0.3 is 10.6 Å². The van der Waals surface area contributed by atoms with Gasteiger partial charge >= 0.3 is 0 Å². The van der Waals surface area contributed by atoms with Gasteiger partial charge in [-0.05, 0) is 23.3 Å². The highest BCUT2D eigenvalue weighted by Crippen LogP contribution is 2.16. The topological polar surface area (TPSA) is 58.2 Å². The molecule has 2 rings (SSSR count). The van der Waals surface area contributed by atoms with Crippen LogP contribution in [0.25, 0.3) is 10.8 Å². The van der Waals surface area contributed by atoms with Crippen molar-refractivity contribution in [1.29, 1.82) is 0 Å². The Kier molecular flexibility index (Phi) is 5.53. The lowest BCUT2D eigenvalue weighted by molar-refractivity contribution is -0.128. The second-order valence-electron chi connectivity index (χ2n) is 5.25. The molecule has 0 bridgehead atoms. The molecule has 0 unspecified atom stereocenters. The van der Waals surface area contributed by atoms with Gasteiger partial charge in [0.2, 0.25) is 11.8 Å². The number of amides is 2. The Morgan fingerprint density at radius 1 is 1.05 bits per heavy atom. The van der Waals surface area contributed by atoms with Gasteiger partial charge in [-0.25, -0.2) is 0 Å². The van der Waals surface area contributed by atoms with Crippen LogP contribution >= 0.6 is 0 Å². The Hall–Kier alpha value is -2.36. The Bertz CT molecular complexity index is 667. The Morgan fingerprint density at radius 2 is 1.77 bits per heavy atom. The van der Waals surface area contributed by atoms with E-state index in [1.807, 2.05) is 37.3 Å². The summed E-state index contributed by atoms with van der Waals surface area (Å²) in [5.41, 5.74) is 1.03. The fraction of sp³-hybridized carbons (Fsp3) is 0.333. The number of benzene rings is 2. The summed E-state index contributed by atoms with van der Waals surface area (Å²) < 4.78 is 0. The van der Waals surface area contributed by atoms with Gasteiger partial charge in [-0.3, -0.25) is 9.59 Å². The zero-order chi connectivity index (χ0) is 15.9. The van der Waals surface area contributed by atoms with E-state index in [2.05, 4.69) is 22.8 Å². The minimum absolute atomic E-state index is 0.114. The molecule has 0 aromatic heterocycles. The Labute approximate surface area is 130 Å². The molecule has 0 heterocycles. The highest BCUT2D eigenvalue weighted by molar-refractivity contribution is 5.88. The van der Waals surface area contributed by atoms with Crippen molar-refractivity contribution in [2.75, 3.05) is 6.54 Å². The third-order valence-electron chi connectivity index (χ3n) is 3.58. The third kappa shape index (κ3) is 4.07. The smallest absolute Gasteiger partial charge is 0.242 e. The lowest BCUT2D eigenvalue weighted by atomic mass is 10.0. The lowest BCUT2D eigenvalue weighted by Crippen LogP contribution is -2.47. The average Bonchev–Trinajstić information content (AvgIpc) is 2.54. The fourth-order valence-corrected chi connectivity index (χ4v) is 2.40. The maximum atomic E-state index is 12.1. The predicted molar refractivity (Wildman–Crippen MR) is 88.6 cm³/mol. The van der Waals surface area contributed by atoms with Crippen LogP contribution in [0.15, 0.2) is 42.5 Å². The Balaban J connectivity index is 2.19. The van der Waals surface area contributed by atoms with Gasteiger partial charge in [-0.15, -0.1) is 0 Å². The molecule has 0 saturated heterocycles. The van der Waals surface area contributed by atoms with Gasteiger partial charge in [-0.1, -0.05) is 49.4 Å². The summed E-state index contributed by atoms with van der Waals surface area (Å²) >= 11 is 0. The van der Waals surface area contributed by atoms with Crippen LogP contribution < -0.4 is 10.6 Å². The molecule has 2 N–H and O–H groups in total. The summed E-state index contributed by atoms with van der Waals surface area (Å²) in [6.45, 7) is 4.20. The second-order valence-corrected chi connectivity index (χ2v) is 5.25. The summed E-state index contributed by atoms with van der Waals surface area (Å²) in [7, 11) is 0. The minimum atomic E-state index is -0.534. The fourth-order valence-electron chi connectivity index (χ4n) is 2.40. The molecule has 0 spiro atoms. The summed E-state index contributed by atoms with van der Waals surface area (Å²) in [6, 6.07) is 13.7. The molecule has 0 radical (unpaired) electrons. The lowest BCUT2D eigenvalue weighted by Gasteiger charge is -2.18. The summed E-state index contributed by atoms with van der Waals surface area (Å²) in [4.78, 5) is 23.8. The SMILES string of the molecule is CCNC(=O)[C@H](Cc1ccc2ccccc2c1)NC(=O)CC. The molecule has 0 aliphatic heterocycles. The number of fused-ring (bicyclic) bond motifs is 1. The van der Waals surface area contributed by atoms with Crippen LogP contribution in [0, 0.1) is 0 Å². The molecule has 4 nitrogen and oxygen atoms in total. The summed E-state index contributed by atoms with van der Waals surface area (Å²) in [5, 5.41) is 7.88. The standard InChI is InChI=1S/C18H22N2O2/c1-3-17(21)20-16(18(22)19-4-2)12-13-9-10-14-7-5-6-8-15(14)11-13/h5-11,16H,3-4,12H2,1-2H3,(H,19,22)(H,20,21)/t16-/m0/s1. The predicted octanol–water partition coefficient (Wildman–Crippen LogP) is 2.41. The molecular weight excluding hydrogens is 276 g/mol. The highest BCUT2D eigenvalue weighted by atomic mass is 16.2. The van der Waals surface area contributed by atoms with Crippen molar-refractivity contribution in [3.63, 3.8) is 0 Å². The van der Waals surface area contributed by atoms with Gasteiger partial charge in [0, 0.05) is 19.4 Å². The summed E-state index contributed by atoms with van der Waals surface area (Å²) in [5.74, 6) is -0.255. The van der Waals surface area contributed by atoms with Crippen LogP contribution in [-0.2, 0) is 16.0 Å². The van der Waals surface area contributed by atoms with Gasteiger partial charge in [0.25, 0.3) is 0 Å². The molecule has 2 aromatic rings. The first-order valence-electron chi connectivity index (χ1n) is 7.68. The molecule has 116 valence electrons. The van der Waals surface area contributed by atoms with Gasteiger partial charge in [0.05, 0.1) is 0 Å². The monoisotopic (exact) mass is 298 g/mol. The van der Waals surface area contributed by atoms with Crippen LogP contribution in [0.4, 0.5) is 0 Å². The number of hydrogen-bond acceptors (Lipinski definition) is 2. The number of nitrogens with one attached hydrogen (secondary N) is 2. The molecule has 4 heteroatoms. The number of carbonyl (C=O) groups is 2. The van der Waals surface area contributed by atoms with E-state index >= 15 is 0 Å². The summed E-state index contributed by atoms with van der Waals surface area (Å²) in [6.07, 6.45) is 0.857. The quantitative estimate of drug-likeness (QED) is 0.860. The number of likely N-dealkylation sites (N-methyl/N-ethyl adjacent to an activating group) is 1. The van der Waals surface area contributed by atoms with E-state index in [0.29, 0.717) is 19.4 Å². The molecule has 2 amide bonds. The van der Waals surface area contributed by atoms with Crippen molar-refractivity contribution >= 4 is 22.6 Å². The molecule has 1 atom stereocenters. The van der Waals surface area contributed by atoms with Crippen molar-refractivity contribution < 1.29 is 9.59 Å². The molecule has 0 aliphatic rings. The zero-order valence-electron chi connectivity index (χ0n) is 13.1. The molecule has 2 aromatic carbocycles. The number of hydrogen-bond donors (Lipinski definition) is 2. The molecule has 0 saturated carbocycles. The van der Waals surface area contributed by atoms with Gasteiger partial charge in [-0.2, -0.15) is 0 Å². The van der Waals surface area contributed by atoms with Crippen molar-refractivity contribution in [3.05, 3.63) is 48.0 Å². The van der Waals surface area contributed by atoms with Crippen LogP contribution in [0.3, 0.4) is 0 Å². The highest BCUT2D eigenvalue weighted by Gasteiger charge is 2.20. The van der Waals surface area contributed by atoms with E-state index in [-0.39, 0.29) is 11.8 Å². The second kappa shape index (κ2) is 7.59. The van der Waals surface area contributed by atoms with E-state index in [1.165, 1.54) is 5.39 Å². The molecule has 0 fully saturated rings. The van der Waals surface area contributed by atoms with Crippen molar-refractivity contribution in [3.8, 4) is 0 Å². The largest absolute Gasteiger partial charge is 0.355 e. The van der Waals surface area contributed by atoms with E-state index in [9.17, 15) is 9.59 Å². The van der Waals surface area contributed by atoms with Crippen LogP contribution in [0.1, 0.15) is 25.8 Å². The Morgan fingerprint density at radius 3 is 2.45 bits per heavy atom. The van der Waals surface area contributed by atoms with E-state index in [1.54, 1.807) is 6.92 Å². The van der Waals surface area contributed by atoms with Gasteiger partial charge in [0.1, 0.15) is 6.04 Å². The van der Waals surface area contributed by atoms with Gasteiger partial charge in [0.15, 0.2) is 0 Å². The van der Waals surface area contributed by atoms with Crippen LogP contribution in [0.5, 0.6) is 0 Å². The minimum Gasteiger partial charge on any atom is -0.355 e. The average molecular weight is 298 g/mol. The molecule has 22 heavy (non-hydrogen) atoms. The van der Waals surface area contributed by atoms with Crippen molar-refractivity contribution in [2.45, 2.75) is 32.7 Å². The first-order chi connectivity index (χ1) is 10.6. The maximum Gasteiger partial charge on any atom is 0.242 e. The van der Waals surface area contributed by atoms with Crippen LogP contribution in [-0.4, -0.2) is 24.4 Å². The molecule has 0 aliphatic carbocycles. The van der Waals surface area contributed by atoms with Crippen molar-refractivity contribution in [1.82, 2.24) is 10.6 Å². The van der Waals surface area contributed by atoms with E-state index < -0.39 is 6.04 Å². The third-order valence-corrected chi connectivity index (χ3v) is 3.58.